The fourth-order valence-corrected chi connectivity index (χ4v) is 7.67. The standard InChI is InChI=1S/C25H37N3O3/c1-7-23-9-8-11-28-12-10-24(19(23)28)15-13-16(22(2,3)4)18(31-6)14-17(15)27(5)20(24)25(26,30)21(23)29/h8-9,13-14,19-21,29-30H,7,10-12,26H2,1-6H3. The number of fused-ring (bicyclic) bond motifs is 1. The molecule has 31 heavy (non-hydrogen) atoms. The zero-order valence-electron chi connectivity index (χ0n) is 19.6. The van der Waals surface area contributed by atoms with Gasteiger partial charge in [0.25, 0.3) is 0 Å². The third-order valence-electron chi connectivity index (χ3n) is 8.82. The molecule has 0 aromatic heterocycles. The van der Waals surface area contributed by atoms with Crippen molar-refractivity contribution in [3.63, 3.8) is 0 Å². The highest BCUT2D eigenvalue weighted by Gasteiger charge is 2.76. The van der Waals surface area contributed by atoms with E-state index < -0.39 is 23.3 Å². The third kappa shape index (κ3) is 2.32. The molecule has 0 bridgehead atoms. The summed E-state index contributed by atoms with van der Waals surface area (Å²) in [7, 11) is 3.71. The SMILES string of the molecule is CCC12C=CCN3CCC4(c5cc(C(C)(C)C)c(OC)cc5N(C)C4C(N)(O)C1O)C32. The van der Waals surface area contributed by atoms with Gasteiger partial charge in [0.05, 0.1) is 13.2 Å². The lowest BCUT2D eigenvalue weighted by Gasteiger charge is -2.63. The fourth-order valence-electron chi connectivity index (χ4n) is 7.67. The van der Waals surface area contributed by atoms with E-state index in [1.165, 1.54) is 5.56 Å². The molecule has 170 valence electrons. The van der Waals surface area contributed by atoms with Crippen LogP contribution in [-0.4, -0.2) is 66.3 Å². The van der Waals surface area contributed by atoms with Crippen molar-refractivity contribution in [1.29, 1.82) is 0 Å². The summed E-state index contributed by atoms with van der Waals surface area (Å²) in [5, 5.41) is 23.3. The maximum atomic E-state index is 11.8. The molecule has 1 saturated heterocycles. The van der Waals surface area contributed by atoms with Crippen LogP contribution in [0, 0.1) is 5.41 Å². The second kappa shape index (κ2) is 6.25. The summed E-state index contributed by atoms with van der Waals surface area (Å²) >= 11 is 0. The Bertz CT molecular complexity index is 952. The molecule has 0 amide bonds. The molecule has 4 N–H and O–H groups in total. The smallest absolute Gasteiger partial charge is 0.162 e. The molecule has 1 saturated carbocycles. The van der Waals surface area contributed by atoms with Gasteiger partial charge < -0.3 is 19.8 Å². The Kier molecular flexibility index (Phi) is 4.29. The quantitative estimate of drug-likeness (QED) is 0.495. The molecule has 4 aliphatic rings. The molecule has 5 rings (SSSR count). The van der Waals surface area contributed by atoms with Crippen molar-refractivity contribution in [2.24, 2.45) is 11.1 Å². The van der Waals surface area contributed by atoms with Gasteiger partial charge >= 0.3 is 0 Å². The zero-order chi connectivity index (χ0) is 22.6. The van der Waals surface area contributed by atoms with Crippen molar-refractivity contribution in [1.82, 2.24) is 4.90 Å². The van der Waals surface area contributed by atoms with Gasteiger partial charge in [-0.1, -0.05) is 39.8 Å². The Balaban J connectivity index is 1.84. The minimum Gasteiger partial charge on any atom is -0.496 e. The second-order valence-electron chi connectivity index (χ2n) is 11.2. The number of aliphatic hydroxyl groups is 2. The maximum absolute atomic E-state index is 11.8. The molecule has 1 aliphatic carbocycles. The van der Waals surface area contributed by atoms with E-state index in [2.05, 4.69) is 61.8 Å². The van der Waals surface area contributed by atoms with Crippen molar-refractivity contribution in [3.05, 3.63) is 35.4 Å². The van der Waals surface area contributed by atoms with Crippen LogP contribution >= 0.6 is 0 Å². The Morgan fingerprint density at radius 3 is 2.58 bits per heavy atom. The first-order valence-electron chi connectivity index (χ1n) is 11.5. The monoisotopic (exact) mass is 427 g/mol. The lowest BCUT2D eigenvalue weighted by atomic mass is 9.49. The highest BCUT2D eigenvalue weighted by atomic mass is 16.5. The number of hydrogen-bond acceptors (Lipinski definition) is 6. The summed E-state index contributed by atoms with van der Waals surface area (Å²) in [5.41, 5.74) is 7.37. The van der Waals surface area contributed by atoms with E-state index in [0.29, 0.717) is 0 Å². The van der Waals surface area contributed by atoms with Gasteiger partial charge in [-0.25, -0.2) is 0 Å². The molecule has 1 spiro atoms. The van der Waals surface area contributed by atoms with Crippen LogP contribution in [0.15, 0.2) is 24.3 Å². The van der Waals surface area contributed by atoms with Crippen LogP contribution in [0.1, 0.15) is 51.7 Å². The molecule has 3 aliphatic heterocycles. The van der Waals surface area contributed by atoms with Gasteiger partial charge in [-0.3, -0.25) is 10.6 Å². The van der Waals surface area contributed by atoms with Gasteiger partial charge in [-0.05, 0) is 42.0 Å². The fraction of sp³-hybridized carbons (Fsp3) is 0.680. The van der Waals surface area contributed by atoms with Crippen LogP contribution in [-0.2, 0) is 10.8 Å². The summed E-state index contributed by atoms with van der Waals surface area (Å²) in [6, 6.07) is 4.09. The molecule has 1 aromatic carbocycles. The number of likely N-dealkylation sites (N-methyl/N-ethyl adjacent to an activating group) is 1. The van der Waals surface area contributed by atoms with E-state index in [0.717, 1.165) is 42.9 Å². The van der Waals surface area contributed by atoms with Crippen LogP contribution in [0.2, 0.25) is 0 Å². The summed E-state index contributed by atoms with van der Waals surface area (Å²) < 4.78 is 5.81. The first-order chi connectivity index (χ1) is 14.5. The Labute approximate surface area is 185 Å². The maximum Gasteiger partial charge on any atom is 0.162 e. The minimum atomic E-state index is -1.74. The molecule has 6 heteroatoms. The number of rotatable bonds is 2. The highest BCUT2D eigenvalue weighted by molar-refractivity contribution is 5.72. The predicted octanol–water partition coefficient (Wildman–Crippen LogP) is 2.11. The molecule has 0 radical (unpaired) electrons. The van der Waals surface area contributed by atoms with E-state index in [1.807, 2.05) is 7.05 Å². The molecular formula is C25H37N3O3. The summed E-state index contributed by atoms with van der Waals surface area (Å²) in [6.07, 6.45) is 4.87. The van der Waals surface area contributed by atoms with Gasteiger partial charge in [-0.2, -0.15) is 0 Å². The second-order valence-corrected chi connectivity index (χ2v) is 11.2. The average molecular weight is 428 g/mol. The molecule has 6 unspecified atom stereocenters. The van der Waals surface area contributed by atoms with Gasteiger partial charge in [0.1, 0.15) is 11.9 Å². The lowest BCUT2D eigenvalue weighted by molar-refractivity contribution is -0.196. The number of methoxy groups -OCH3 is 1. The Morgan fingerprint density at radius 1 is 1.26 bits per heavy atom. The lowest BCUT2D eigenvalue weighted by Crippen LogP contribution is -2.81. The number of benzene rings is 1. The number of aliphatic hydroxyl groups excluding tert-OH is 1. The van der Waals surface area contributed by atoms with Crippen molar-refractivity contribution in [2.45, 2.75) is 75.3 Å². The Morgan fingerprint density at radius 2 is 1.97 bits per heavy atom. The van der Waals surface area contributed by atoms with E-state index in [9.17, 15) is 10.2 Å². The summed E-state index contributed by atoms with van der Waals surface area (Å²) in [6.45, 7) is 10.5. The number of anilines is 1. The summed E-state index contributed by atoms with van der Waals surface area (Å²) in [5.74, 6) is 0.856. The van der Waals surface area contributed by atoms with Crippen LogP contribution in [0.3, 0.4) is 0 Å². The molecule has 1 aromatic rings. The van der Waals surface area contributed by atoms with Gasteiger partial charge in [0.2, 0.25) is 0 Å². The first-order valence-corrected chi connectivity index (χ1v) is 11.5. The normalized spacial score (nSPS) is 41.2. The number of hydrogen-bond donors (Lipinski definition) is 3. The molecule has 3 heterocycles. The third-order valence-corrected chi connectivity index (χ3v) is 8.82. The van der Waals surface area contributed by atoms with Crippen molar-refractivity contribution < 1.29 is 14.9 Å². The topological polar surface area (TPSA) is 82.2 Å². The van der Waals surface area contributed by atoms with Crippen LogP contribution < -0.4 is 15.4 Å². The average Bonchev–Trinajstić information content (AvgIpc) is 3.22. The Hall–Kier alpha value is -1.60. The van der Waals surface area contributed by atoms with E-state index in [1.54, 1.807) is 7.11 Å². The predicted molar refractivity (Wildman–Crippen MR) is 123 cm³/mol. The zero-order valence-corrected chi connectivity index (χ0v) is 19.6. The van der Waals surface area contributed by atoms with Crippen molar-refractivity contribution >= 4 is 5.69 Å². The van der Waals surface area contributed by atoms with E-state index >= 15 is 0 Å². The van der Waals surface area contributed by atoms with Crippen LogP contribution in [0.25, 0.3) is 0 Å². The number of nitrogens with zero attached hydrogens (tertiary/aromatic N) is 2. The first kappa shape index (κ1) is 21.3. The molecule has 2 fully saturated rings. The van der Waals surface area contributed by atoms with Crippen molar-refractivity contribution in [3.8, 4) is 5.75 Å². The largest absolute Gasteiger partial charge is 0.496 e. The minimum absolute atomic E-state index is 0.0868. The van der Waals surface area contributed by atoms with Crippen LogP contribution in [0.4, 0.5) is 5.69 Å². The van der Waals surface area contributed by atoms with Gasteiger partial charge in [0.15, 0.2) is 5.72 Å². The number of nitrogens with two attached hydrogens (primary N) is 1. The van der Waals surface area contributed by atoms with Gasteiger partial charge in [-0.15, -0.1) is 0 Å². The van der Waals surface area contributed by atoms with Gasteiger partial charge in [0, 0.05) is 42.2 Å². The van der Waals surface area contributed by atoms with E-state index in [-0.39, 0.29) is 16.9 Å². The molecule has 6 nitrogen and oxygen atoms in total. The number of ether oxygens (including phenoxy) is 1. The summed E-state index contributed by atoms with van der Waals surface area (Å²) in [4.78, 5) is 4.60. The van der Waals surface area contributed by atoms with Crippen molar-refractivity contribution in [2.75, 3.05) is 32.1 Å². The van der Waals surface area contributed by atoms with Crippen LogP contribution in [0.5, 0.6) is 5.75 Å². The molecule has 6 atom stereocenters. The van der Waals surface area contributed by atoms with E-state index in [4.69, 9.17) is 10.5 Å². The highest BCUT2D eigenvalue weighted by Crippen LogP contribution is 2.66. The molecular weight excluding hydrogens is 390 g/mol.